The molecule has 0 radical (unpaired) electrons. The van der Waals surface area contributed by atoms with Crippen molar-refractivity contribution in [1.82, 2.24) is 0 Å². The zero-order valence-corrected chi connectivity index (χ0v) is 8.29. The SMILES string of the molecule is Cl.Nc1cccc(S(=O)(=O)Cl)c1. The molecule has 0 amide bonds. The highest BCUT2D eigenvalue weighted by Gasteiger charge is 2.08. The fourth-order valence-corrected chi connectivity index (χ4v) is 1.47. The van der Waals surface area contributed by atoms with Gasteiger partial charge in [0.2, 0.25) is 0 Å². The monoisotopic (exact) mass is 227 g/mol. The summed E-state index contributed by atoms with van der Waals surface area (Å²) < 4.78 is 21.4. The summed E-state index contributed by atoms with van der Waals surface area (Å²) in [6.07, 6.45) is 0. The van der Waals surface area contributed by atoms with Gasteiger partial charge in [-0.15, -0.1) is 12.4 Å². The standard InChI is InChI=1S/C6H6ClNO2S.ClH/c7-11(9,10)6-3-1-2-5(8)4-6;/h1-4H,8H2;1H. The molecule has 0 bridgehead atoms. The van der Waals surface area contributed by atoms with Crippen LogP contribution in [0.4, 0.5) is 5.69 Å². The molecule has 0 aromatic heterocycles. The molecule has 0 aliphatic heterocycles. The summed E-state index contributed by atoms with van der Waals surface area (Å²) in [5.74, 6) is 0. The quantitative estimate of drug-likeness (QED) is 0.586. The van der Waals surface area contributed by atoms with E-state index in [2.05, 4.69) is 0 Å². The van der Waals surface area contributed by atoms with Gasteiger partial charge in [0.25, 0.3) is 9.05 Å². The van der Waals surface area contributed by atoms with E-state index in [-0.39, 0.29) is 17.3 Å². The van der Waals surface area contributed by atoms with Gasteiger partial charge in [-0.05, 0) is 18.2 Å². The van der Waals surface area contributed by atoms with E-state index in [1.807, 2.05) is 0 Å². The lowest BCUT2D eigenvalue weighted by molar-refractivity contribution is 0.609. The number of benzene rings is 1. The molecule has 0 aliphatic carbocycles. The molecular weight excluding hydrogens is 221 g/mol. The number of hydrogen-bond donors (Lipinski definition) is 1. The third-order valence-corrected chi connectivity index (χ3v) is 2.49. The zero-order valence-electron chi connectivity index (χ0n) is 5.90. The van der Waals surface area contributed by atoms with Crippen molar-refractivity contribution in [1.29, 1.82) is 0 Å². The molecule has 0 spiro atoms. The van der Waals surface area contributed by atoms with Crippen LogP contribution in [0.15, 0.2) is 29.2 Å². The average molecular weight is 228 g/mol. The first-order valence-corrected chi connectivity index (χ1v) is 5.11. The van der Waals surface area contributed by atoms with Gasteiger partial charge in [0, 0.05) is 16.4 Å². The van der Waals surface area contributed by atoms with Crippen molar-refractivity contribution >= 4 is 37.8 Å². The lowest BCUT2D eigenvalue weighted by Gasteiger charge is -1.95. The van der Waals surface area contributed by atoms with Crippen LogP contribution < -0.4 is 5.73 Å². The molecule has 0 unspecified atom stereocenters. The smallest absolute Gasteiger partial charge is 0.261 e. The Balaban J connectivity index is 0.00000121. The summed E-state index contributed by atoms with van der Waals surface area (Å²) in [6, 6.07) is 5.82. The Morgan fingerprint density at radius 3 is 2.25 bits per heavy atom. The Kier molecular flexibility index (Phi) is 3.83. The van der Waals surface area contributed by atoms with Crippen LogP contribution in [0.25, 0.3) is 0 Å². The van der Waals surface area contributed by atoms with E-state index >= 15 is 0 Å². The molecule has 68 valence electrons. The highest BCUT2D eigenvalue weighted by atomic mass is 35.7. The maximum absolute atomic E-state index is 10.7. The van der Waals surface area contributed by atoms with Crippen molar-refractivity contribution in [2.75, 3.05) is 5.73 Å². The lowest BCUT2D eigenvalue weighted by atomic mass is 10.3. The first kappa shape index (κ1) is 11.6. The predicted molar refractivity (Wildman–Crippen MR) is 51.1 cm³/mol. The van der Waals surface area contributed by atoms with Gasteiger partial charge in [0.15, 0.2) is 0 Å². The minimum Gasteiger partial charge on any atom is -0.399 e. The van der Waals surface area contributed by atoms with E-state index in [0.29, 0.717) is 5.69 Å². The molecule has 0 atom stereocenters. The largest absolute Gasteiger partial charge is 0.399 e. The Bertz CT molecular complexity index is 364. The van der Waals surface area contributed by atoms with Crippen LogP contribution in [0.5, 0.6) is 0 Å². The van der Waals surface area contributed by atoms with Gasteiger partial charge >= 0.3 is 0 Å². The highest BCUT2D eigenvalue weighted by molar-refractivity contribution is 8.13. The first-order valence-electron chi connectivity index (χ1n) is 2.80. The van der Waals surface area contributed by atoms with Crippen LogP contribution in [0, 0.1) is 0 Å². The van der Waals surface area contributed by atoms with E-state index in [1.54, 1.807) is 6.07 Å². The topological polar surface area (TPSA) is 60.2 Å². The van der Waals surface area contributed by atoms with Crippen molar-refractivity contribution in [3.63, 3.8) is 0 Å². The van der Waals surface area contributed by atoms with Gasteiger partial charge in [0.1, 0.15) is 0 Å². The van der Waals surface area contributed by atoms with Crippen LogP contribution in [0.1, 0.15) is 0 Å². The third kappa shape index (κ3) is 2.89. The molecule has 1 aromatic rings. The summed E-state index contributed by atoms with van der Waals surface area (Å²) in [7, 11) is 1.41. The van der Waals surface area contributed by atoms with Crippen LogP contribution in [0.3, 0.4) is 0 Å². The molecule has 0 aliphatic rings. The predicted octanol–water partition coefficient (Wildman–Crippen LogP) is 1.62. The molecule has 0 heterocycles. The molecule has 1 rings (SSSR count). The Hall–Kier alpha value is -0.450. The van der Waals surface area contributed by atoms with E-state index in [0.717, 1.165) is 0 Å². The van der Waals surface area contributed by atoms with E-state index in [9.17, 15) is 8.42 Å². The molecular formula is C6H7Cl2NO2S. The lowest BCUT2D eigenvalue weighted by Crippen LogP contribution is -1.92. The summed E-state index contributed by atoms with van der Waals surface area (Å²) >= 11 is 0. The number of nitrogen functional groups attached to an aromatic ring is 1. The molecule has 12 heavy (non-hydrogen) atoms. The molecule has 0 saturated heterocycles. The van der Waals surface area contributed by atoms with Gasteiger partial charge in [-0.2, -0.15) is 0 Å². The Morgan fingerprint density at radius 2 is 1.92 bits per heavy atom. The number of rotatable bonds is 1. The summed E-state index contributed by atoms with van der Waals surface area (Å²) in [5.41, 5.74) is 5.71. The second-order valence-electron chi connectivity index (χ2n) is 2.01. The summed E-state index contributed by atoms with van der Waals surface area (Å²) in [5, 5.41) is 0. The van der Waals surface area contributed by atoms with Gasteiger partial charge < -0.3 is 5.73 Å². The van der Waals surface area contributed by atoms with Crippen molar-refractivity contribution in [2.45, 2.75) is 4.90 Å². The number of hydrogen-bond acceptors (Lipinski definition) is 3. The van der Waals surface area contributed by atoms with Crippen LogP contribution >= 0.6 is 23.1 Å². The van der Waals surface area contributed by atoms with Crippen molar-refractivity contribution < 1.29 is 8.42 Å². The zero-order chi connectivity index (χ0) is 8.48. The van der Waals surface area contributed by atoms with Crippen molar-refractivity contribution in [3.8, 4) is 0 Å². The highest BCUT2D eigenvalue weighted by Crippen LogP contribution is 2.16. The third-order valence-electron chi connectivity index (χ3n) is 1.14. The fourth-order valence-electron chi connectivity index (χ4n) is 0.666. The molecule has 0 saturated carbocycles. The van der Waals surface area contributed by atoms with Crippen LogP contribution in [-0.2, 0) is 9.05 Å². The Morgan fingerprint density at radius 1 is 1.33 bits per heavy atom. The van der Waals surface area contributed by atoms with Gasteiger partial charge in [-0.3, -0.25) is 0 Å². The number of anilines is 1. The minimum atomic E-state index is -3.63. The second-order valence-corrected chi connectivity index (χ2v) is 4.58. The number of nitrogens with two attached hydrogens (primary N) is 1. The second kappa shape index (κ2) is 3.98. The average Bonchev–Trinajstić information content (AvgIpc) is 1.86. The van der Waals surface area contributed by atoms with Gasteiger partial charge in [0.05, 0.1) is 4.90 Å². The summed E-state index contributed by atoms with van der Waals surface area (Å²) in [4.78, 5) is 0.0270. The molecule has 0 fully saturated rings. The molecule has 3 nitrogen and oxygen atoms in total. The molecule has 1 aromatic carbocycles. The Labute approximate surface area is 81.4 Å². The number of halogens is 2. The normalized spacial score (nSPS) is 10.4. The van der Waals surface area contributed by atoms with Gasteiger partial charge in [-0.25, -0.2) is 8.42 Å². The first-order chi connectivity index (χ1) is 5.00. The van der Waals surface area contributed by atoms with E-state index < -0.39 is 9.05 Å². The molecule has 6 heteroatoms. The summed E-state index contributed by atoms with van der Waals surface area (Å²) in [6.45, 7) is 0. The fraction of sp³-hybridized carbons (Fsp3) is 0. The molecule has 2 N–H and O–H groups in total. The van der Waals surface area contributed by atoms with Gasteiger partial charge in [-0.1, -0.05) is 6.07 Å². The maximum Gasteiger partial charge on any atom is 0.261 e. The maximum atomic E-state index is 10.7. The van der Waals surface area contributed by atoms with Crippen LogP contribution in [0.2, 0.25) is 0 Å². The van der Waals surface area contributed by atoms with Crippen molar-refractivity contribution in [2.24, 2.45) is 0 Å². The van der Waals surface area contributed by atoms with Crippen LogP contribution in [-0.4, -0.2) is 8.42 Å². The van der Waals surface area contributed by atoms with E-state index in [4.69, 9.17) is 16.4 Å². The van der Waals surface area contributed by atoms with Crippen molar-refractivity contribution in [3.05, 3.63) is 24.3 Å². The van der Waals surface area contributed by atoms with E-state index in [1.165, 1.54) is 18.2 Å². The minimum absolute atomic E-state index is 0.